The van der Waals surface area contributed by atoms with Crippen molar-refractivity contribution in [3.63, 3.8) is 0 Å². The summed E-state index contributed by atoms with van der Waals surface area (Å²) < 4.78 is 0. The van der Waals surface area contributed by atoms with Crippen LogP contribution in [-0.2, 0) is 0 Å². The van der Waals surface area contributed by atoms with Crippen molar-refractivity contribution in [3.05, 3.63) is 23.3 Å². The molecule has 0 heteroatoms. The molecule has 0 aromatic carbocycles. The first-order chi connectivity index (χ1) is 5.98. The Morgan fingerprint density at radius 1 is 1.38 bits per heavy atom. The molecule has 0 fully saturated rings. The van der Waals surface area contributed by atoms with Crippen molar-refractivity contribution in [2.45, 2.75) is 40.5 Å². The van der Waals surface area contributed by atoms with Gasteiger partial charge in [0.25, 0.3) is 0 Å². The van der Waals surface area contributed by atoms with Crippen LogP contribution in [0.3, 0.4) is 0 Å². The van der Waals surface area contributed by atoms with Crippen LogP contribution in [0.15, 0.2) is 23.3 Å². The van der Waals surface area contributed by atoms with Crippen LogP contribution in [0.25, 0.3) is 0 Å². The van der Waals surface area contributed by atoms with Gasteiger partial charge in [-0.15, -0.1) is 0 Å². The Labute approximate surface area is 81.7 Å². The molecule has 0 aromatic heterocycles. The van der Waals surface area contributed by atoms with E-state index in [1.165, 1.54) is 18.4 Å². The Morgan fingerprint density at radius 3 is 2.77 bits per heavy atom. The van der Waals surface area contributed by atoms with Crippen LogP contribution >= 0.6 is 0 Å². The van der Waals surface area contributed by atoms with E-state index in [0.29, 0.717) is 5.41 Å². The summed E-state index contributed by atoms with van der Waals surface area (Å²) >= 11 is 0. The summed E-state index contributed by atoms with van der Waals surface area (Å²) in [6, 6.07) is 0. The molecule has 0 saturated carbocycles. The molecule has 0 bridgehead atoms. The van der Waals surface area contributed by atoms with Gasteiger partial charge < -0.3 is 0 Å². The summed E-state index contributed by atoms with van der Waals surface area (Å²) in [5.41, 5.74) is 3.62. The highest BCUT2D eigenvalue weighted by atomic mass is 14.4. The lowest BCUT2D eigenvalue weighted by atomic mass is 9.80. The van der Waals surface area contributed by atoms with Gasteiger partial charge in [0.2, 0.25) is 0 Å². The Kier molecular flexibility index (Phi) is 1.90. The molecule has 0 nitrogen and oxygen atoms in total. The molecule has 0 saturated heterocycles. The fourth-order valence-corrected chi connectivity index (χ4v) is 3.03. The van der Waals surface area contributed by atoms with E-state index < -0.39 is 0 Å². The number of hydrogen-bond donors (Lipinski definition) is 0. The van der Waals surface area contributed by atoms with E-state index in [4.69, 9.17) is 0 Å². The predicted molar refractivity (Wildman–Crippen MR) is 57.5 cm³/mol. The molecule has 2 aliphatic rings. The summed E-state index contributed by atoms with van der Waals surface area (Å²) in [5, 5.41) is 0. The lowest BCUT2D eigenvalue weighted by Crippen LogP contribution is -2.13. The lowest BCUT2D eigenvalue weighted by molar-refractivity contribution is 0.366. The molecule has 2 rings (SSSR count). The zero-order valence-electron chi connectivity index (χ0n) is 9.22. The standard InChI is InChI=1S/C13H20/c1-9-5-10(2)12-8-13(3,4)7-11(12)6-9/h5,8-9,11H,6-7H2,1-4H3/t9-,11-/m0/s1. The third-order valence-electron chi connectivity index (χ3n) is 3.40. The maximum Gasteiger partial charge on any atom is -0.0149 e. The van der Waals surface area contributed by atoms with Gasteiger partial charge in [-0.1, -0.05) is 38.5 Å². The van der Waals surface area contributed by atoms with Gasteiger partial charge in [0.05, 0.1) is 0 Å². The van der Waals surface area contributed by atoms with Crippen molar-refractivity contribution in [2.75, 3.05) is 0 Å². The van der Waals surface area contributed by atoms with Crippen LogP contribution in [0.4, 0.5) is 0 Å². The molecular formula is C13H20. The van der Waals surface area contributed by atoms with Crippen molar-refractivity contribution in [2.24, 2.45) is 17.3 Å². The van der Waals surface area contributed by atoms with Crippen LogP contribution in [0.1, 0.15) is 40.5 Å². The molecule has 0 heterocycles. The van der Waals surface area contributed by atoms with Crippen molar-refractivity contribution < 1.29 is 0 Å². The second kappa shape index (κ2) is 2.73. The topological polar surface area (TPSA) is 0 Å². The molecule has 0 aromatic rings. The Balaban J connectivity index is 2.32. The fraction of sp³-hybridized carbons (Fsp3) is 0.692. The zero-order valence-corrected chi connectivity index (χ0v) is 9.22. The molecule has 0 radical (unpaired) electrons. The van der Waals surface area contributed by atoms with E-state index in [1.54, 1.807) is 5.57 Å². The van der Waals surface area contributed by atoms with E-state index >= 15 is 0 Å². The second-order valence-electron chi connectivity index (χ2n) is 5.55. The molecule has 72 valence electrons. The quantitative estimate of drug-likeness (QED) is 0.524. The second-order valence-corrected chi connectivity index (χ2v) is 5.55. The Bertz CT molecular complexity index is 278. The monoisotopic (exact) mass is 176 g/mol. The van der Waals surface area contributed by atoms with Gasteiger partial charge in [-0.25, -0.2) is 0 Å². The molecule has 2 aliphatic carbocycles. The van der Waals surface area contributed by atoms with E-state index in [1.807, 2.05) is 0 Å². The molecule has 2 atom stereocenters. The highest BCUT2D eigenvalue weighted by Gasteiger charge is 2.34. The average molecular weight is 176 g/mol. The van der Waals surface area contributed by atoms with Crippen LogP contribution in [0.2, 0.25) is 0 Å². The van der Waals surface area contributed by atoms with Crippen molar-refractivity contribution in [1.29, 1.82) is 0 Å². The van der Waals surface area contributed by atoms with Crippen molar-refractivity contribution >= 4 is 0 Å². The molecule has 13 heavy (non-hydrogen) atoms. The first-order valence-electron chi connectivity index (χ1n) is 5.39. The summed E-state index contributed by atoms with van der Waals surface area (Å²) in [4.78, 5) is 0. The van der Waals surface area contributed by atoms with E-state index in [2.05, 4.69) is 39.8 Å². The summed E-state index contributed by atoms with van der Waals surface area (Å²) in [6.45, 7) is 9.33. The molecule has 0 amide bonds. The lowest BCUT2D eigenvalue weighted by Gasteiger charge is -2.25. The van der Waals surface area contributed by atoms with Gasteiger partial charge in [-0.05, 0) is 42.6 Å². The SMILES string of the molecule is CC1=C[C@H](C)C[C@H]2CC(C)(C)C=C12. The Hall–Kier alpha value is -0.520. The summed E-state index contributed by atoms with van der Waals surface area (Å²) in [5.74, 6) is 1.64. The number of fused-ring (bicyclic) bond motifs is 1. The first-order valence-corrected chi connectivity index (χ1v) is 5.39. The maximum absolute atomic E-state index is 2.50. The smallest absolute Gasteiger partial charge is 0.0149 e. The minimum absolute atomic E-state index is 0.444. The number of hydrogen-bond acceptors (Lipinski definition) is 0. The largest absolute Gasteiger partial charge is 0.0785 e. The third-order valence-corrected chi connectivity index (χ3v) is 3.40. The minimum Gasteiger partial charge on any atom is -0.0785 e. The van der Waals surface area contributed by atoms with Gasteiger partial charge in [-0.2, -0.15) is 0 Å². The van der Waals surface area contributed by atoms with E-state index in [9.17, 15) is 0 Å². The highest BCUT2D eigenvalue weighted by molar-refractivity contribution is 5.39. The zero-order chi connectivity index (χ0) is 9.64. The van der Waals surface area contributed by atoms with Crippen LogP contribution in [-0.4, -0.2) is 0 Å². The van der Waals surface area contributed by atoms with Crippen molar-refractivity contribution in [1.82, 2.24) is 0 Å². The Morgan fingerprint density at radius 2 is 2.08 bits per heavy atom. The van der Waals surface area contributed by atoms with Crippen LogP contribution < -0.4 is 0 Å². The molecular weight excluding hydrogens is 156 g/mol. The minimum atomic E-state index is 0.444. The van der Waals surface area contributed by atoms with Gasteiger partial charge in [0.1, 0.15) is 0 Å². The molecule has 0 N–H and O–H groups in total. The van der Waals surface area contributed by atoms with E-state index in [0.717, 1.165) is 11.8 Å². The number of rotatable bonds is 0. The van der Waals surface area contributed by atoms with Gasteiger partial charge in [-0.3, -0.25) is 0 Å². The van der Waals surface area contributed by atoms with Gasteiger partial charge >= 0.3 is 0 Å². The van der Waals surface area contributed by atoms with Crippen LogP contribution in [0, 0.1) is 17.3 Å². The fourth-order valence-electron chi connectivity index (χ4n) is 3.03. The van der Waals surface area contributed by atoms with E-state index in [-0.39, 0.29) is 0 Å². The molecule has 0 aliphatic heterocycles. The van der Waals surface area contributed by atoms with Crippen LogP contribution in [0.5, 0.6) is 0 Å². The molecule has 0 spiro atoms. The predicted octanol–water partition coefficient (Wildman–Crippen LogP) is 3.95. The maximum atomic E-state index is 2.50. The van der Waals surface area contributed by atoms with Gasteiger partial charge in [0, 0.05) is 0 Å². The van der Waals surface area contributed by atoms with Crippen molar-refractivity contribution in [3.8, 4) is 0 Å². The third kappa shape index (κ3) is 1.59. The average Bonchev–Trinajstić information content (AvgIpc) is 2.23. The summed E-state index contributed by atoms with van der Waals surface area (Å²) in [6.07, 6.45) is 7.66. The first kappa shape index (κ1) is 9.05. The normalized spacial score (nSPS) is 36.6. The molecule has 0 unspecified atom stereocenters. The van der Waals surface area contributed by atoms with Gasteiger partial charge in [0.15, 0.2) is 0 Å². The number of allylic oxidation sites excluding steroid dienone is 4. The summed E-state index contributed by atoms with van der Waals surface area (Å²) in [7, 11) is 0. The highest BCUT2D eigenvalue weighted by Crippen LogP contribution is 2.47.